The summed E-state index contributed by atoms with van der Waals surface area (Å²) in [7, 11) is 0. The number of rotatable bonds is 5. The molecule has 0 aliphatic heterocycles. The summed E-state index contributed by atoms with van der Waals surface area (Å²) in [5.41, 5.74) is 0.600. The van der Waals surface area contributed by atoms with Gasteiger partial charge in [-0.3, -0.25) is 4.79 Å². The van der Waals surface area contributed by atoms with Crippen LogP contribution in [0.15, 0.2) is 24.3 Å². The molecule has 1 aromatic carbocycles. The first kappa shape index (κ1) is 14.6. The third-order valence-electron chi connectivity index (χ3n) is 2.84. The molecule has 0 atom stereocenters. The van der Waals surface area contributed by atoms with Gasteiger partial charge in [-0.1, -0.05) is 11.3 Å². The number of hydrogen-bond acceptors (Lipinski definition) is 4. The summed E-state index contributed by atoms with van der Waals surface area (Å²) in [5.74, 6) is -1.93. The van der Waals surface area contributed by atoms with E-state index in [9.17, 15) is 14.0 Å². The summed E-state index contributed by atoms with van der Waals surface area (Å²) in [6.45, 7) is 1.75. The smallest absolute Gasteiger partial charge is 0.358 e. The minimum absolute atomic E-state index is 0.0692. The maximum absolute atomic E-state index is 13.0. The van der Waals surface area contributed by atoms with Gasteiger partial charge in [0.25, 0.3) is 0 Å². The Balaban J connectivity index is 1.94. The van der Waals surface area contributed by atoms with Gasteiger partial charge in [-0.25, -0.2) is 13.9 Å². The van der Waals surface area contributed by atoms with Crippen LogP contribution in [0.3, 0.4) is 0 Å². The van der Waals surface area contributed by atoms with Gasteiger partial charge in [0.15, 0.2) is 5.69 Å². The summed E-state index contributed by atoms with van der Waals surface area (Å²) in [6, 6.07) is 5.55. The van der Waals surface area contributed by atoms with Crippen molar-refractivity contribution in [2.24, 2.45) is 0 Å². The highest BCUT2D eigenvalue weighted by Gasteiger charge is 2.15. The molecule has 1 aromatic heterocycles. The summed E-state index contributed by atoms with van der Waals surface area (Å²) in [6.07, 6.45) is 0.0692. The normalized spacial score (nSPS) is 10.4. The number of hydrogen-bond donors (Lipinski definition) is 2. The molecule has 8 heteroatoms. The van der Waals surface area contributed by atoms with E-state index in [1.54, 1.807) is 13.0 Å². The SMILES string of the molecule is Cc1c(C(=O)O)nnn1CCC(=O)Nc1cccc(F)c1. The van der Waals surface area contributed by atoms with Crippen LogP contribution < -0.4 is 5.32 Å². The zero-order valence-electron chi connectivity index (χ0n) is 11.2. The highest BCUT2D eigenvalue weighted by atomic mass is 19.1. The molecule has 0 saturated heterocycles. The van der Waals surface area contributed by atoms with Crippen LogP contribution in [0.25, 0.3) is 0 Å². The number of nitrogens with zero attached hydrogens (tertiary/aromatic N) is 3. The van der Waals surface area contributed by atoms with E-state index in [1.807, 2.05) is 0 Å². The summed E-state index contributed by atoms with van der Waals surface area (Å²) < 4.78 is 14.3. The van der Waals surface area contributed by atoms with Crippen molar-refractivity contribution in [2.45, 2.75) is 19.9 Å². The first-order chi connectivity index (χ1) is 9.97. The zero-order valence-corrected chi connectivity index (χ0v) is 11.2. The van der Waals surface area contributed by atoms with Crippen molar-refractivity contribution in [1.29, 1.82) is 0 Å². The second-order valence-corrected chi connectivity index (χ2v) is 4.36. The molecule has 0 unspecified atom stereocenters. The molecule has 2 aromatic rings. The van der Waals surface area contributed by atoms with Gasteiger partial charge in [0, 0.05) is 12.1 Å². The van der Waals surface area contributed by atoms with Crippen molar-refractivity contribution in [3.63, 3.8) is 0 Å². The van der Waals surface area contributed by atoms with Crippen LogP contribution in [-0.2, 0) is 11.3 Å². The summed E-state index contributed by atoms with van der Waals surface area (Å²) in [4.78, 5) is 22.6. The molecule has 1 amide bonds. The Morgan fingerprint density at radius 2 is 2.19 bits per heavy atom. The lowest BCUT2D eigenvalue weighted by molar-refractivity contribution is -0.116. The van der Waals surface area contributed by atoms with Crippen LogP contribution in [-0.4, -0.2) is 32.0 Å². The number of halogens is 1. The average molecular weight is 292 g/mol. The molecule has 7 nitrogen and oxygen atoms in total. The van der Waals surface area contributed by atoms with Crippen molar-refractivity contribution in [2.75, 3.05) is 5.32 Å². The van der Waals surface area contributed by atoms with Crippen LogP contribution in [0.1, 0.15) is 22.6 Å². The fourth-order valence-electron chi connectivity index (χ4n) is 1.77. The number of carbonyl (C=O) groups is 2. The highest BCUT2D eigenvalue weighted by molar-refractivity contribution is 5.90. The number of amides is 1. The molecule has 0 bridgehead atoms. The summed E-state index contributed by atoms with van der Waals surface area (Å²) >= 11 is 0. The molecule has 2 N–H and O–H groups in total. The molecule has 0 aliphatic rings. The number of aromatic nitrogens is 3. The van der Waals surface area contributed by atoms with Crippen molar-refractivity contribution in [3.05, 3.63) is 41.5 Å². The highest BCUT2D eigenvalue weighted by Crippen LogP contribution is 2.10. The minimum atomic E-state index is -1.16. The Kier molecular flexibility index (Phi) is 4.27. The van der Waals surface area contributed by atoms with Crippen molar-refractivity contribution >= 4 is 17.6 Å². The Morgan fingerprint density at radius 3 is 2.81 bits per heavy atom. The number of carboxylic acids is 1. The van der Waals surface area contributed by atoms with Gasteiger partial charge in [0.05, 0.1) is 12.2 Å². The van der Waals surface area contributed by atoms with Crippen molar-refractivity contribution in [3.8, 4) is 0 Å². The van der Waals surface area contributed by atoms with Gasteiger partial charge in [-0.05, 0) is 25.1 Å². The minimum Gasteiger partial charge on any atom is -0.476 e. The van der Waals surface area contributed by atoms with Crippen molar-refractivity contribution in [1.82, 2.24) is 15.0 Å². The van der Waals surface area contributed by atoms with Crippen LogP contribution in [0.4, 0.5) is 10.1 Å². The number of carbonyl (C=O) groups excluding carboxylic acids is 1. The lowest BCUT2D eigenvalue weighted by atomic mass is 10.3. The van der Waals surface area contributed by atoms with E-state index in [-0.39, 0.29) is 24.6 Å². The van der Waals surface area contributed by atoms with Crippen LogP contribution in [0.5, 0.6) is 0 Å². The van der Waals surface area contributed by atoms with Gasteiger partial charge in [0.1, 0.15) is 5.82 Å². The van der Waals surface area contributed by atoms with Gasteiger partial charge in [0.2, 0.25) is 5.91 Å². The van der Waals surface area contributed by atoms with E-state index in [2.05, 4.69) is 15.6 Å². The molecule has 2 rings (SSSR count). The molecule has 21 heavy (non-hydrogen) atoms. The molecular weight excluding hydrogens is 279 g/mol. The molecule has 0 saturated carbocycles. The lowest BCUT2D eigenvalue weighted by Gasteiger charge is -2.06. The van der Waals surface area contributed by atoms with E-state index >= 15 is 0 Å². The van der Waals surface area contributed by atoms with Crippen molar-refractivity contribution < 1.29 is 19.1 Å². The quantitative estimate of drug-likeness (QED) is 0.869. The predicted molar refractivity (Wildman–Crippen MR) is 71.4 cm³/mol. The van der Waals surface area contributed by atoms with Crippen LogP contribution in [0.2, 0.25) is 0 Å². The largest absolute Gasteiger partial charge is 0.476 e. The Bertz CT molecular complexity index is 684. The average Bonchev–Trinajstić information content (AvgIpc) is 2.78. The molecule has 0 aliphatic carbocycles. The number of anilines is 1. The first-order valence-electron chi connectivity index (χ1n) is 6.16. The monoisotopic (exact) mass is 292 g/mol. The van der Waals surface area contributed by atoms with E-state index in [1.165, 1.54) is 22.9 Å². The number of aryl methyl sites for hydroxylation is 1. The number of nitrogens with one attached hydrogen (secondary N) is 1. The van der Waals surface area contributed by atoms with Gasteiger partial charge < -0.3 is 10.4 Å². The molecule has 0 fully saturated rings. The number of aromatic carboxylic acids is 1. The number of carboxylic acid groups (broad SMARTS) is 1. The van der Waals surface area contributed by atoms with Gasteiger partial charge in [-0.15, -0.1) is 5.10 Å². The molecule has 0 radical (unpaired) electrons. The Morgan fingerprint density at radius 1 is 1.43 bits per heavy atom. The lowest BCUT2D eigenvalue weighted by Crippen LogP contribution is -2.16. The van der Waals surface area contributed by atoms with E-state index in [0.29, 0.717) is 11.4 Å². The second kappa shape index (κ2) is 6.12. The fraction of sp³-hybridized carbons (Fsp3) is 0.231. The van der Waals surface area contributed by atoms with Gasteiger partial charge >= 0.3 is 5.97 Å². The second-order valence-electron chi connectivity index (χ2n) is 4.36. The number of benzene rings is 1. The third-order valence-corrected chi connectivity index (χ3v) is 2.84. The van der Waals surface area contributed by atoms with Gasteiger partial charge in [-0.2, -0.15) is 0 Å². The molecule has 0 spiro atoms. The summed E-state index contributed by atoms with van der Waals surface area (Å²) in [5, 5.41) is 18.6. The van der Waals surface area contributed by atoms with E-state index in [0.717, 1.165) is 0 Å². The van der Waals surface area contributed by atoms with E-state index in [4.69, 9.17) is 5.11 Å². The van der Waals surface area contributed by atoms with E-state index < -0.39 is 11.8 Å². The standard InChI is InChI=1S/C13H13FN4O3/c1-8-12(13(20)21)16-17-18(8)6-5-11(19)15-10-4-2-3-9(14)7-10/h2-4,7H,5-6H2,1H3,(H,15,19)(H,20,21). The maximum atomic E-state index is 13.0. The zero-order chi connectivity index (χ0) is 15.4. The molecule has 1 heterocycles. The Hall–Kier alpha value is -2.77. The predicted octanol–water partition coefficient (Wildman–Crippen LogP) is 1.45. The third kappa shape index (κ3) is 3.62. The first-order valence-corrected chi connectivity index (χ1v) is 6.16. The fourth-order valence-corrected chi connectivity index (χ4v) is 1.77. The topological polar surface area (TPSA) is 97.1 Å². The molecule has 110 valence electrons. The van der Waals surface area contributed by atoms with Crippen LogP contribution in [0, 0.1) is 12.7 Å². The van der Waals surface area contributed by atoms with Crippen LogP contribution >= 0.6 is 0 Å². The Labute approximate surface area is 119 Å². The molecular formula is C13H13FN4O3. The maximum Gasteiger partial charge on any atom is 0.358 e.